The van der Waals surface area contributed by atoms with E-state index >= 15 is 0 Å². The molecule has 89 heavy (non-hydrogen) atoms. The zero-order chi connectivity index (χ0) is 65.6. The molecular formula is C63H86N12O14. The average Bonchev–Trinajstić information content (AvgIpc) is 3.84. The molecule has 2 heterocycles. The third-order valence-corrected chi connectivity index (χ3v) is 15.5. The second kappa shape index (κ2) is 33.9. The third-order valence-electron chi connectivity index (χ3n) is 15.5. The van der Waals surface area contributed by atoms with Gasteiger partial charge in [-0.25, -0.2) is 0 Å². The number of hydrogen-bond donors (Lipinski definition) is 13. The third kappa shape index (κ3) is 22.3. The summed E-state index contributed by atoms with van der Waals surface area (Å²) in [5, 5.41) is 48.4. The molecule has 1 aliphatic heterocycles. The molecule has 0 unspecified atom stereocenters. The number of aliphatic hydroxyl groups is 2. The number of H-pyrrole nitrogens is 1. The maximum absolute atomic E-state index is 14.3. The van der Waals surface area contributed by atoms with E-state index in [2.05, 4.69) is 41.9 Å². The first-order valence-electron chi connectivity index (χ1n) is 29.8. The number of primary amides is 2. The number of ketones is 3. The second-order valence-corrected chi connectivity index (χ2v) is 23.3. The lowest BCUT2D eigenvalue weighted by Crippen LogP contribution is -2.56. The highest BCUT2D eigenvalue weighted by Gasteiger charge is 2.43. The van der Waals surface area contributed by atoms with Crippen LogP contribution in [0.15, 0.2) is 84.0 Å². The summed E-state index contributed by atoms with van der Waals surface area (Å²) in [4.78, 5) is 159. The summed E-state index contributed by atoms with van der Waals surface area (Å²) in [6, 6.07) is 12.4. The van der Waals surface area contributed by atoms with Crippen molar-refractivity contribution in [3.63, 3.8) is 0 Å². The molecule has 1 fully saturated rings. The Kier molecular flexibility index (Phi) is 26.9. The number of benzene rings is 3. The van der Waals surface area contributed by atoms with Crippen molar-refractivity contribution >= 4 is 81.5 Å². The van der Waals surface area contributed by atoms with Gasteiger partial charge in [0.1, 0.15) is 23.9 Å². The van der Waals surface area contributed by atoms with E-state index in [-0.39, 0.29) is 69.1 Å². The molecule has 482 valence electrons. The van der Waals surface area contributed by atoms with Gasteiger partial charge in [-0.1, -0.05) is 74.0 Å². The topological polar surface area (TPSA) is 430 Å². The largest absolute Gasteiger partial charge is 0.508 e. The van der Waals surface area contributed by atoms with Crippen LogP contribution in [0.1, 0.15) is 108 Å². The highest BCUT2D eigenvalue weighted by atomic mass is 16.3. The van der Waals surface area contributed by atoms with Crippen LogP contribution in [0.2, 0.25) is 0 Å². The Balaban J connectivity index is 1.29. The van der Waals surface area contributed by atoms with Crippen LogP contribution in [0.3, 0.4) is 0 Å². The number of aromatic amines is 1. The minimum Gasteiger partial charge on any atom is -0.508 e. The predicted octanol–water partition coefficient (Wildman–Crippen LogP) is 0.218. The van der Waals surface area contributed by atoms with Gasteiger partial charge in [0.15, 0.2) is 23.3 Å². The van der Waals surface area contributed by atoms with Gasteiger partial charge in [-0.2, -0.15) is 0 Å². The predicted molar refractivity (Wildman–Crippen MR) is 330 cm³/mol. The number of hydrogen-bond acceptors (Lipinski definition) is 15. The van der Waals surface area contributed by atoms with Gasteiger partial charge in [0.2, 0.25) is 47.3 Å². The summed E-state index contributed by atoms with van der Waals surface area (Å²) in [5.41, 5.74) is 20.8. The van der Waals surface area contributed by atoms with Gasteiger partial charge in [0.25, 0.3) is 0 Å². The normalized spacial score (nSPS) is 16.8. The molecule has 0 bridgehead atoms. The van der Waals surface area contributed by atoms with E-state index in [1.807, 2.05) is 45.0 Å². The molecule has 0 spiro atoms. The Labute approximate surface area is 516 Å². The summed E-state index contributed by atoms with van der Waals surface area (Å²) in [6.45, 7) is 7.89. The Morgan fingerprint density at radius 3 is 1.96 bits per heavy atom. The number of phenols is 1. The molecule has 26 heteroatoms. The zero-order valence-electron chi connectivity index (χ0n) is 51.2. The SMILES string of the molecule is CN=C(N)NCCC[C@H](CC(=O)[C@H](CC(C)C)NC(=O)CCC(=O)[C@H](Cc1ccc(C)cc1)NC(=O)[C@@H](CC(=O)[C@H](CC(N)=O)NC(=O)[C@@H]1C[C@@H](O)CN1C(=O)[C@@H](Cc1ccc(O)cc1)NC(C)=O)[C@@H](C)O)C(=O)N[C@@H](Cc1c[nH]c2ccccc12)C(N)=O. The van der Waals surface area contributed by atoms with E-state index in [0.29, 0.717) is 24.1 Å². The molecule has 26 nitrogen and oxygen atoms in total. The number of phenolic OH excluding ortho intramolecular Hbond substituents is 1. The molecule has 4 aromatic rings. The fourth-order valence-electron chi connectivity index (χ4n) is 10.7. The Morgan fingerprint density at radius 1 is 0.708 bits per heavy atom. The molecule has 0 aliphatic carbocycles. The first-order chi connectivity index (χ1) is 42.1. The number of nitrogens with zero attached hydrogens (tertiary/aromatic N) is 2. The van der Waals surface area contributed by atoms with Crippen molar-refractivity contribution in [1.82, 2.24) is 41.8 Å². The van der Waals surface area contributed by atoms with Crippen molar-refractivity contribution in [3.8, 4) is 5.75 Å². The fourth-order valence-corrected chi connectivity index (χ4v) is 10.7. The first-order valence-corrected chi connectivity index (χ1v) is 29.8. The monoisotopic (exact) mass is 1230 g/mol. The van der Waals surface area contributed by atoms with Crippen LogP contribution in [-0.2, 0) is 72.0 Å². The first kappa shape index (κ1) is 70.7. The number of carbonyl (C=O) groups excluding carboxylic acids is 11. The smallest absolute Gasteiger partial charge is 0.246 e. The summed E-state index contributed by atoms with van der Waals surface area (Å²) < 4.78 is 0. The van der Waals surface area contributed by atoms with Crippen LogP contribution < -0.4 is 49.1 Å². The standard InChI is InChI=1S/C63H86N12O14/c1-34(2)24-47(54(81)28-40(10-9-23-68-63(66)67-6)59(86)74-50(58(65)85)27-41-32-69-46-12-8-7-11-44(41)46)71-57(84)22-21-53(80)48(25-38-15-13-35(3)14-16-38)72-60(87)45(36(4)76)30-55(82)49(31-56(64)83)73-61(88)52-29-43(79)33-75(52)62(89)51(70-37(5)77)26-39-17-19-42(78)20-18-39/h7-8,11-20,32,34,36,40,43,45,47-52,69,76,78-79H,9-10,21-31,33H2,1-6H3,(H2,64,83)(H2,65,85)(H,70,77)(H,71,84)(H,72,87)(H,73,88)(H,74,86)(H3,66,67,68)/t36-,40-,43-,45+,47+,48+,49+,50+,51-,52+/m1/s1. The maximum atomic E-state index is 14.3. The Morgan fingerprint density at radius 2 is 1.34 bits per heavy atom. The molecule has 1 saturated heterocycles. The number of aromatic nitrogens is 1. The van der Waals surface area contributed by atoms with E-state index < -0.39 is 151 Å². The number of guanidine groups is 1. The van der Waals surface area contributed by atoms with Crippen molar-refractivity contribution in [3.05, 3.63) is 101 Å². The zero-order valence-corrected chi connectivity index (χ0v) is 51.2. The van der Waals surface area contributed by atoms with Crippen molar-refractivity contribution in [1.29, 1.82) is 0 Å². The summed E-state index contributed by atoms with van der Waals surface area (Å²) in [5.74, 6) is -11.0. The highest BCUT2D eigenvalue weighted by molar-refractivity contribution is 6.00. The van der Waals surface area contributed by atoms with E-state index in [1.54, 1.807) is 30.5 Å². The summed E-state index contributed by atoms with van der Waals surface area (Å²) >= 11 is 0. The van der Waals surface area contributed by atoms with E-state index in [4.69, 9.17) is 17.2 Å². The Hall–Kier alpha value is -9.04. The summed E-state index contributed by atoms with van der Waals surface area (Å²) in [6.07, 6.45) is -3.61. The van der Waals surface area contributed by atoms with Gasteiger partial charge in [0, 0.05) is 95.0 Å². The number of carbonyl (C=O) groups is 11. The van der Waals surface area contributed by atoms with Crippen molar-refractivity contribution in [2.45, 2.75) is 160 Å². The van der Waals surface area contributed by atoms with Gasteiger partial charge in [0.05, 0.1) is 42.7 Å². The van der Waals surface area contributed by atoms with Crippen LogP contribution in [0.25, 0.3) is 10.9 Å². The molecule has 10 atom stereocenters. The number of fused-ring (bicyclic) bond motifs is 1. The van der Waals surface area contributed by atoms with Crippen LogP contribution in [0.4, 0.5) is 0 Å². The lowest BCUT2D eigenvalue weighted by atomic mass is 9.89. The van der Waals surface area contributed by atoms with Gasteiger partial charge in [-0.3, -0.25) is 57.7 Å². The van der Waals surface area contributed by atoms with Crippen LogP contribution in [0, 0.1) is 24.7 Å². The van der Waals surface area contributed by atoms with E-state index in [9.17, 15) is 68.1 Å². The van der Waals surface area contributed by atoms with E-state index in [0.717, 1.165) is 26.9 Å². The van der Waals surface area contributed by atoms with E-state index in [1.165, 1.54) is 45.2 Å². The number of β-amino-alcohol motifs (C(OH)–C–C–N with tert-alkyl or cyclic N) is 1. The number of amides is 8. The van der Waals surface area contributed by atoms with Gasteiger partial charge < -0.3 is 74.3 Å². The fraction of sp³-hybridized carbons (Fsp3) is 0.492. The average molecular weight is 1240 g/mol. The van der Waals surface area contributed by atoms with Crippen LogP contribution in [0.5, 0.6) is 5.75 Å². The number of likely N-dealkylation sites (tertiary alicyclic amines) is 1. The molecule has 0 radical (unpaired) electrons. The minimum atomic E-state index is -1.70. The highest BCUT2D eigenvalue weighted by Crippen LogP contribution is 2.25. The number of aromatic hydroxyl groups is 1. The number of aryl methyl sites for hydroxylation is 1. The molecule has 5 rings (SSSR count). The molecule has 1 aliphatic rings. The maximum Gasteiger partial charge on any atom is 0.246 e. The number of nitrogens with two attached hydrogens (primary N) is 3. The van der Waals surface area contributed by atoms with Crippen molar-refractivity contribution in [2.75, 3.05) is 20.1 Å². The molecule has 0 saturated carbocycles. The number of Topliss-reactive ketones (excluding diaryl/α,β-unsaturated/α-hetero) is 3. The molecule has 1 aromatic heterocycles. The van der Waals surface area contributed by atoms with Gasteiger partial charge >= 0.3 is 0 Å². The Bertz CT molecular complexity index is 3180. The number of aliphatic hydroxyl groups excluding tert-OH is 2. The number of para-hydroxylation sites is 1. The number of aliphatic imine (C=N–C) groups is 1. The number of rotatable bonds is 35. The lowest BCUT2D eigenvalue weighted by Gasteiger charge is -2.30. The van der Waals surface area contributed by atoms with Crippen LogP contribution in [-0.4, -0.2) is 164 Å². The molecule has 3 aromatic carbocycles. The quantitative estimate of drug-likeness (QED) is 0.0166. The van der Waals surface area contributed by atoms with Crippen molar-refractivity contribution < 1.29 is 68.1 Å². The van der Waals surface area contributed by atoms with Gasteiger partial charge in [-0.15, -0.1) is 0 Å². The van der Waals surface area contributed by atoms with Crippen molar-refractivity contribution in [2.24, 2.45) is 39.9 Å². The molecule has 16 N–H and O–H groups in total. The molecule has 8 amide bonds. The molecular weight excluding hydrogens is 1150 g/mol. The second-order valence-electron chi connectivity index (χ2n) is 23.3. The van der Waals surface area contributed by atoms with Gasteiger partial charge in [-0.05, 0) is 80.3 Å². The minimum absolute atomic E-state index is 0.0377. The lowest BCUT2D eigenvalue weighted by molar-refractivity contribution is -0.142. The van der Waals surface area contributed by atoms with Crippen LogP contribution >= 0.6 is 0 Å². The summed E-state index contributed by atoms with van der Waals surface area (Å²) in [7, 11) is 1.50. The number of nitrogens with one attached hydrogen (secondary N) is 7.